The topological polar surface area (TPSA) is 116 Å². The Hall–Kier alpha value is -3.66. The van der Waals surface area contributed by atoms with Crippen LogP contribution in [0.5, 0.6) is 11.5 Å². The standard InChI is InChI=1S/C20H20N4O5S/c1-28-13-7-8-18(29-2)14(11-13)16-12-30-20(22-16)23-19(25)9-10-21-15-5-3-4-6-17(15)24(26)27/h3-8,11-12,21H,9-10H2,1-2H3,(H,22,23,25). The minimum atomic E-state index is -0.466. The lowest BCUT2D eigenvalue weighted by Crippen LogP contribution is -2.16. The first-order valence-corrected chi connectivity index (χ1v) is 9.85. The van der Waals surface area contributed by atoms with Crippen LogP contribution in [0.3, 0.4) is 0 Å². The number of methoxy groups -OCH3 is 2. The Labute approximate surface area is 176 Å². The highest BCUT2D eigenvalue weighted by molar-refractivity contribution is 7.14. The number of amides is 1. The number of nitrogens with zero attached hydrogens (tertiary/aromatic N) is 2. The fourth-order valence-corrected chi connectivity index (χ4v) is 3.47. The SMILES string of the molecule is COc1ccc(OC)c(-c2csc(NC(=O)CCNc3ccccc3[N+](=O)[O-])n2)c1. The number of thiazole rings is 1. The molecule has 0 atom stereocenters. The third-order valence-corrected chi connectivity index (χ3v) is 4.96. The fourth-order valence-electron chi connectivity index (χ4n) is 2.74. The summed E-state index contributed by atoms with van der Waals surface area (Å²) in [7, 11) is 3.15. The van der Waals surface area contributed by atoms with Crippen molar-refractivity contribution in [3.8, 4) is 22.8 Å². The van der Waals surface area contributed by atoms with Gasteiger partial charge in [-0.15, -0.1) is 11.3 Å². The fraction of sp³-hybridized carbons (Fsp3) is 0.200. The molecule has 1 aromatic heterocycles. The van der Waals surface area contributed by atoms with Crippen LogP contribution in [0.25, 0.3) is 11.3 Å². The van der Waals surface area contributed by atoms with E-state index in [0.29, 0.717) is 28.0 Å². The number of carbonyl (C=O) groups is 1. The van der Waals surface area contributed by atoms with Crippen LogP contribution in [-0.2, 0) is 4.79 Å². The smallest absolute Gasteiger partial charge is 0.292 e. The number of nitro groups is 1. The highest BCUT2D eigenvalue weighted by atomic mass is 32.1. The summed E-state index contributed by atoms with van der Waals surface area (Å²) in [6.45, 7) is 0.249. The molecular weight excluding hydrogens is 408 g/mol. The highest BCUT2D eigenvalue weighted by Crippen LogP contribution is 2.35. The van der Waals surface area contributed by atoms with Crippen LogP contribution in [0.1, 0.15) is 6.42 Å². The van der Waals surface area contributed by atoms with Gasteiger partial charge in [0.1, 0.15) is 17.2 Å². The van der Waals surface area contributed by atoms with Gasteiger partial charge in [-0.3, -0.25) is 14.9 Å². The molecule has 10 heteroatoms. The first-order chi connectivity index (χ1) is 14.5. The van der Waals surface area contributed by atoms with E-state index in [1.54, 1.807) is 44.6 Å². The van der Waals surface area contributed by atoms with Gasteiger partial charge in [-0.05, 0) is 24.3 Å². The second-order valence-corrected chi connectivity index (χ2v) is 6.96. The molecule has 3 rings (SSSR count). The summed E-state index contributed by atoms with van der Waals surface area (Å²) >= 11 is 1.29. The summed E-state index contributed by atoms with van der Waals surface area (Å²) in [5, 5.41) is 19.0. The number of carbonyl (C=O) groups excluding carboxylic acids is 1. The molecule has 156 valence electrons. The molecule has 0 radical (unpaired) electrons. The number of nitro benzene ring substituents is 1. The van der Waals surface area contributed by atoms with E-state index in [1.165, 1.54) is 17.4 Å². The summed E-state index contributed by atoms with van der Waals surface area (Å²) in [6.07, 6.45) is 0.128. The third-order valence-electron chi connectivity index (χ3n) is 4.20. The first kappa shape index (κ1) is 21.1. The molecule has 0 saturated heterocycles. The second-order valence-electron chi connectivity index (χ2n) is 6.10. The van der Waals surface area contributed by atoms with Crippen LogP contribution in [0, 0.1) is 10.1 Å². The van der Waals surface area contributed by atoms with Gasteiger partial charge in [0.25, 0.3) is 5.69 Å². The molecule has 0 spiro atoms. The number of benzene rings is 2. The Bertz CT molecular complexity index is 1050. The molecule has 1 amide bonds. The molecule has 2 N–H and O–H groups in total. The number of ether oxygens (including phenoxy) is 2. The van der Waals surface area contributed by atoms with Crippen LogP contribution >= 0.6 is 11.3 Å². The van der Waals surface area contributed by atoms with Gasteiger partial charge in [-0.25, -0.2) is 4.98 Å². The van der Waals surface area contributed by atoms with Crippen LogP contribution < -0.4 is 20.1 Å². The molecule has 0 saturated carbocycles. The lowest BCUT2D eigenvalue weighted by atomic mass is 10.1. The van der Waals surface area contributed by atoms with Gasteiger partial charge < -0.3 is 20.1 Å². The van der Waals surface area contributed by atoms with E-state index < -0.39 is 4.92 Å². The largest absolute Gasteiger partial charge is 0.497 e. The van der Waals surface area contributed by atoms with E-state index in [1.807, 2.05) is 11.4 Å². The zero-order chi connectivity index (χ0) is 21.5. The van der Waals surface area contributed by atoms with E-state index in [-0.39, 0.29) is 24.6 Å². The number of nitrogens with one attached hydrogen (secondary N) is 2. The maximum atomic E-state index is 12.2. The predicted octanol–water partition coefficient (Wildman–Crippen LogP) is 4.18. The van der Waals surface area contributed by atoms with Crippen molar-refractivity contribution in [1.29, 1.82) is 0 Å². The predicted molar refractivity (Wildman–Crippen MR) is 115 cm³/mol. The number of aromatic nitrogens is 1. The van der Waals surface area contributed by atoms with Crippen LogP contribution in [0.4, 0.5) is 16.5 Å². The number of rotatable bonds is 9. The van der Waals surface area contributed by atoms with Crippen molar-refractivity contribution in [1.82, 2.24) is 4.98 Å². The molecule has 0 aliphatic rings. The molecule has 1 heterocycles. The zero-order valence-electron chi connectivity index (χ0n) is 16.4. The summed E-state index contributed by atoms with van der Waals surface area (Å²) in [5.74, 6) is 1.07. The normalized spacial score (nSPS) is 10.3. The summed E-state index contributed by atoms with van der Waals surface area (Å²) < 4.78 is 10.6. The van der Waals surface area contributed by atoms with Gasteiger partial charge in [0, 0.05) is 30.0 Å². The molecule has 0 aliphatic carbocycles. The Morgan fingerprint density at radius 1 is 1.20 bits per heavy atom. The second kappa shape index (κ2) is 9.70. The maximum Gasteiger partial charge on any atom is 0.292 e. The molecular formula is C20H20N4O5S. The van der Waals surface area contributed by atoms with Crippen LogP contribution in [-0.4, -0.2) is 36.6 Å². The number of anilines is 2. The van der Waals surface area contributed by atoms with Crippen molar-refractivity contribution >= 4 is 33.8 Å². The van der Waals surface area contributed by atoms with Crippen molar-refractivity contribution in [2.45, 2.75) is 6.42 Å². The van der Waals surface area contributed by atoms with Crippen LogP contribution in [0.15, 0.2) is 47.8 Å². The van der Waals surface area contributed by atoms with Gasteiger partial charge in [-0.1, -0.05) is 12.1 Å². The monoisotopic (exact) mass is 428 g/mol. The average Bonchev–Trinajstić information content (AvgIpc) is 3.21. The summed E-state index contributed by atoms with van der Waals surface area (Å²) in [4.78, 5) is 27.2. The van der Waals surface area contributed by atoms with Crippen molar-refractivity contribution in [3.05, 3.63) is 58.0 Å². The van der Waals surface area contributed by atoms with E-state index in [4.69, 9.17) is 9.47 Å². The molecule has 0 fully saturated rings. The van der Waals surface area contributed by atoms with Crippen molar-refractivity contribution in [3.63, 3.8) is 0 Å². The van der Waals surface area contributed by atoms with Crippen LogP contribution in [0.2, 0.25) is 0 Å². The molecule has 9 nitrogen and oxygen atoms in total. The quantitative estimate of drug-likeness (QED) is 0.388. The van der Waals surface area contributed by atoms with Crippen molar-refractivity contribution in [2.75, 3.05) is 31.4 Å². The number of para-hydroxylation sites is 2. The van der Waals surface area contributed by atoms with Crippen molar-refractivity contribution < 1.29 is 19.2 Å². The number of hydrogen-bond acceptors (Lipinski definition) is 8. The molecule has 30 heavy (non-hydrogen) atoms. The lowest BCUT2D eigenvalue weighted by molar-refractivity contribution is -0.384. The van der Waals surface area contributed by atoms with Gasteiger partial charge in [-0.2, -0.15) is 0 Å². The van der Waals surface area contributed by atoms with Gasteiger partial charge in [0.2, 0.25) is 5.91 Å². The Kier molecular flexibility index (Phi) is 6.81. The minimum Gasteiger partial charge on any atom is -0.497 e. The molecule has 3 aromatic rings. The van der Waals surface area contributed by atoms with E-state index in [2.05, 4.69) is 15.6 Å². The minimum absolute atomic E-state index is 0.0327. The Morgan fingerprint density at radius 3 is 2.73 bits per heavy atom. The van der Waals surface area contributed by atoms with E-state index in [9.17, 15) is 14.9 Å². The van der Waals surface area contributed by atoms with E-state index in [0.717, 1.165) is 5.56 Å². The maximum absolute atomic E-state index is 12.2. The molecule has 2 aromatic carbocycles. The van der Waals surface area contributed by atoms with Gasteiger partial charge in [0.05, 0.1) is 24.8 Å². The lowest BCUT2D eigenvalue weighted by Gasteiger charge is -2.08. The Morgan fingerprint density at radius 2 is 2.00 bits per heavy atom. The zero-order valence-corrected chi connectivity index (χ0v) is 17.2. The molecule has 0 unspecified atom stereocenters. The summed E-state index contributed by atoms with van der Waals surface area (Å²) in [5.41, 5.74) is 1.75. The van der Waals surface area contributed by atoms with Gasteiger partial charge >= 0.3 is 0 Å². The molecule has 0 bridgehead atoms. The van der Waals surface area contributed by atoms with E-state index >= 15 is 0 Å². The highest BCUT2D eigenvalue weighted by Gasteiger charge is 2.14. The Balaban J connectivity index is 1.60. The van der Waals surface area contributed by atoms with Gasteiger partial charge in [0.15, 0.2) is 5.13 Å². The molecule has 0 aliphatic heterocycles. The summed E-state index contributed by atoms with van der Waals surface area (Å²) in [6, 6.07) is 11.7. The number of hydrogen-bond donors (Lipinski definition) is 2. The third kappa shape index (κ3) is 5.03. The first-order valence-electron chi connectivity index (χ1n) is 8.97. The average molecular weight is 428 g/mol. The van der Waals surface area contributed by atoms with Crippen molar-refractivity contribution in [2.24, 2.45) is 0 Å².